The number of aliphatic carboxylic acids is 1. The van der Waals surface area contributed by atoms with Crippen molar-refractivity contribution in [1.29, 1.82) is 0 Å². The van der Waals surface area contributed by atoms with Crippen LogP contribution in [0.2, 0.25) is 0 Å². The van der Waals surface area contributed by atoms with Crippen LogP contribution >= 0.6 is 0 Å². The van der Waals surface area contributed by atoms with Gasteiger partial charge in [0, 0.05) is 6.42 Å². The number of carbonyl (C=O) groups excluding carboxylic acids is 2. The highest BCUT2D eigenvalue weighted by molar-refractivity contribution is 5.88. The Kier molecular flexibility index (Phi) is 8.00. The van der Waals surface area contributed by atoms with E-state index in [9.17, 15) is 34.8 Å². The predicted molar refractivity (Wildman–Crippen MR) is 136 cm³/mol. The predicted octanol–water partition coefficient (Wildman–Crippen LogP) is 1.81. The molecule has 0 bridgehead atoms. The molecule has 4 rings (SSSR count). The van der Waals surface area contributed by atoms with Crippen molar-refractivity contribution in [2.75, 3.05) is 0 Å². The quantitative estimate of drug-likeness (QED) is 0.282. The molecule has 0 aromatic carbocycles. The van der Waals surface area contributed by atoms with Crippen molar-refractivity contribution in [1.82, 2.24) is 5.32 Å². The summed E-state index contributed by atoms with van der Waals surface area (Å²) in [6.07, 6.45) is 4.60. The van der Waals surface area contributed by atoms with Crippen molar-refractivity contribution in [2.45, 2.75) is 109 Å². The molecule has 12 atom stereocenters. The molecule has 210 valence electrons. The molecule has 0 aromatic heterocycles. The summed E-state index contributed by atoms with van der Waals surface area (Å²) in [5.74, 6) is -1.25. The van der Waals surface area contributed by atoms with Crippen LogP contribution < -0.4 is 11.1 Å². The van der Waals surface area contributed by atoms with Gasteiger partial charge in [-0.2, -0.15) is 0 Å². The van der Waals surface area contributed by atoms with Crippen LogP contribution in [0.25, 0.3) is 0 Å². The van der Waals surface area contributed by atoms with Gasteiger partial charge in [0.25, 0.3) is 0 Å². The maximum absolute atomic E-state index is 12.5. The lowest BCUT2D eigenvalue weighted by atomic mass is 9.43. The molecular weight excluding hydrogens is 476 g/mol. The van der Waals surface area contributed by atoms with Gasteiger partial charge < -0.3 is 31.5 Å². The third-order valence-electron chi connectivity index (χ3n) is 11.4. The third kappa shape index (κ3) is 5.03. The van der Waals surface area contributed by atoms with Gasteiger partial charge >= 0.3 is 5.97 Å². The topological polar surface area (TPSA) is 170 Å². The Hall–Kier alpha value is -1.71. The molecule has 4 aliphatic rings. The maximum Gasteiger partial charge on any atom is 0.326 e. The number of nitrogens with one attached hydrogen (secondary N) is 1. The number of primary amides is 1. The molecule has 4 saturated carbocycles. The third-order valence-corrected chi connectivity index (χ3v) is 11.4. The number of hydrogen-bond donors (Lipinski definition) is 6. The molecule has 4 aliphatic carbocycles. The summed E-state index contributed by atoms with van der Waals surface area (Å²) in [6, 6.07) is -1.31. The van der Waals surface area contributed by atoms with Crippen molar-refractivity contribution in [3.63, 3.8) is 0 Å². The first kappa shape index (κ1) is 28.3. The summed E-state index contributed by atoms with van der Waals surface area (Å²) in [6.45, 7) is 6.75. The molecule has 9 heteroatoms. The monoisotopic (exact) mass is 522 g/mol. The molecule has 7 N–H and O–H groups in total. The number of hydrogen-bond acceptors (Lipinski definition) is 6. The van der Waals surface area contributed by atoms with Crippen LogP contribution in [0.3, 0.4) is 0 Å². The Morgan fingerprint density at radius 1 is 0.946 bits per heavy atom. The van der Waals surface area contributed by atoms with E-state index in [1.54, 1.807) is 0 Å². The van der Waals surface area contributed by atoms with Crippen molar-refractivity contribution in [2.24, 2.45) is 52.1 Å². The summed E-state index contributed by atoms with van der Waals surface area (Å²) in [5, 5.41) is 44.6. The van der Waals surface area contributed by atoms with E-state index >= 15 is 0 Å². The van der Waals surface area contributed by atoms with E-state index in [1.807, 2.05) is 0 Å². The van der Waals surface area contributed by atoms with Gasteiger partial charge in [-0.1, -0.05) is 20.8 Å². The van der Waals surface area contributed by atoms with Crippen LogP contribution in [0.4, 0.5) is 0 Å². The highest BCUT2D eigenvalue weighted by Crippen LogP contribution is 2.68. The molecule has 0 heterocycles. The zero-order valence-electron chi connectivity index (χ0n) is 22.4. The standard InChI is InChI=1S/C28H46N2O7/c1-14(4-7-22(33)30-20(26(36)37)13-21(29)32)16-5-6-17-23-18(9-11-27(16,17)2)28(3)10-8-15(31)12-19(28)24(34)25(23)35/h14-20,23-25,31,34-35H,4-13H2,1-3H3,(H2,29,32)(H,30,33)(H,36,37)/t14-,15-,16-,17+,18+,19+,20+,23+,24+,25-,27-,28-/m1/s1. The van der Waals surface area contributed by atoms with Crippen LogP contribution in [-0.4, -0.2) is 62.6 Å². The fourth-order valence-electron chi connectivity index (χ4n) is 9.44. The molecule has 0 unspecified atom stereocenters. The van der Waals surface area contributed by atoms with E-state index in [0.717, 1.165) is 38.5 Å². The molecule has 0 aliphatic heterocycles. The number of aliphatic hydroxyl groups is 3. The van der Waals surface area contributed by atoms with Gasteiger partial charge in [-0.05, 0) is 97.7 Å². The maximum atomic E-state index is 12.5. The second-order valence-corrected chi connectivity index (χ2v) is 13.2. The zero-order chi connectivity index (χ0) is 27.3. The summed E-state index contributed by atoms with van der Waals surface area (Å²) in [4.78, 5) is 34.9. The van der Waals surface area contributed by atoms with Gasteiger partial charge in [0.15, 0.2) is 0 Å². The second-order valence-electron chi connectivity index (χ2n) is 13.2. The van der Waals surface area contributed by atoms with Crippen LogP contribution in [0.15, 0.2) is 0 Å². The highest BCUT2D eigenvalue weighted by atomic mass is 16.4. The van der Waals surface area contributed by atoms with Crippen molar-refractivity contribution in [3.8, 4) is 0 Å². The number of aliphatic hydroxyl groups excluding tert-OH is 3. The zero-order valence-corrected chi connectivity index (χ0v) is 22.4. The second kappa shape index (κ2) is 10.5. The van der Waals surface area contributed by atoms with E-state index < -0.39 is 48.6 Å². The number of carbonyl (C=O) groups is 3. The van der Waals surface area contributed by atoms with Gasteiger partial charge in [-0.3, -0.25) is 9.59 Å². The van der Waals surface area contributed by atoms with Crippen LogP contribution in [-0.2, 0) is 14.4 Å². The highest BCUT2D eigenvalue weighted by Gasteiger charge is 2.65. The number of fused-ring (bicyclic) bond motifs is 5. The fourth-order valence-corrected chi connectivity index (χ4v) is 9.44. The van der Waals surface area contributed by atoms with Crippen molar-refractivity contribution >= 4 is 17.8 Å². The van der Waals surface area contributed by atoms with Gasteiger partial charge in [-0.25, -0.2) is 4.79 Å². The van der Waals surface area contributed by atoms with Gasteiger partial charge in [0.05, 0.1) is 24.7 Å². The first-order chi connectivity index (χ1) is 17.3. The Bertz CT molecular complexity index is 898. The van der Waals surface area contributed by atoms with Crippen molar-refractivity contribution in [3.05, 3.63) is 0 Å². The molecule has 4 fully saturated rings. The number of carboxylic acids is 1. The number of carboxylic acid groups (broad SMARTS) is 1. The molecule has 0 aromatic rings. The minimum absolute atomic E-state index is 0.00467. The lowest BCUT2D eigenvalue weighted by molar-refractivity contribution is -0.223. The average Bonchev–Trinajstić information content (AvgIpc) is 3.18. The average molecular weight is 523 g/mol. The number of amides is 2. The Morgan fingerprint density at radius 2 is 1.59 bits per heavy atom. The smallest absolute Gasteiger partial charge is 0.326 e. The fraction of sp³-hybridized carbons (Fsp3) is 0.893. The summed E-state index contributed by atoms with van der Waals surface area (Å²) < 4.78 is 0. The van der Waals surface area contributed by atoms with Gasteiger partial charge in [0.1, 0.15) is 6.04 Å². The molecule has 2 amide bonds. The Balaban J connectivity index is 1.43. The first-order valence-electron chi connectivity index (χ1n) is 14.1. The molecule has 0 radical (unpaired) electrons. The van der Waals surface area contributed by atoms with Crippen molar-refractivity contribution < 1.29 is 34.8 Å². The largest absolute Gasteiger partial charge is 0.480 e. The van der Waals surface area contributed by atoms with Gasteiger partial charge in [0.2, 0.25) is 11.8 Å². The lowest BCUT2D eigenvalue weighted by Crippen LogP contribution is -2.64. The van der Waals surface area contributed by atoms with Crippen LogP contribution in [0.1, 0.15) is 85.0 Å². The molecule has 0 saturated heterocycles. The number of nitrogens with two attached hydrogens (primary N) is 1. The van der Waals surface area contributed by atoms with E-state index in [1.165, 1.54) is 0 Å². The molecule has 0 spiro atoms. The first-order valence-corrected chi connectivity index (χ1v) is 14.1. The SMILES string of the molecule is C[C@H](CCC(=O)N[C@@H](CC(N)=O)C(=O)O)[C@H]1CC[C@H]2[C@@H]3[C@@H](O)[C@@H](O)[C@@H]4C[C@H](O)CC[C@]4(C)[C@H]3CC[C@]12C. The Labute approximate surface area is 219 Å². The molecule has 37 heavy (non-hydrogen) atoms. The lowest BCUT2D eigenvalue weighted by Gasteiger charge is -2.63. The summed E-state index contributed by atoms with van der Waals surface area (Å²) in [5.41, 5.74) is 5.04. The Morgan fingerprint density at radius 3 is 2.24 bits per heavy atom. The molecule has 9 nitrogen and oxygen atoms in total. The van der Waals surface area contributed by atoms with Crippen LogP contribution in [0, 0.1) is 46.3 Å². The van der Waals surface area contributed by atoms with E-state index in [4.69, 9.17) is 5.73 Å². The summed E-state index contributed by atoms with van der Waals surface area (Å²) >= 11 is 0. The van der Waals surface area contributed by atoms with E-state index in [0.29, 0.717) is 30.6 Å². The number of rotatable bonds is 8. The van der Waals surface area contributed by atoms with Crippen LogP contribution in [0.5, 0.6) is 0 Å². The minimum atomic E-state index is -1.31. The van der Waals surface area contributed by atoms with E-state index in [-0.39, 0.29) is 35.0 Å². The molecular formula is C28H46N2O7. The minimum Gasteiger partial charge on any atom is -0.480 e. The normalized spacial score (nSPS) is 44.6. The van der Waals surface area contributed by atoms with E-state index in [2.05, 4.69) is 26.1 Å². The summed E-state index contributed by atoms with van der Waals surface area (Å²) in [7, 11) is 0. The van der Waals surface area contributed by atoms with Gasteiger partial charge in [-0.15, -0.1) is 0 Å².